The molecule has 0 amide bonds. The number of benzene rings is 1. The lowest BCUT2D eigenvalue weighted by Gasteiger charge is -2.29. The molecule has 5 nitrogen and oxygen atoms in total. The highest BCUT2D eigenvalue weighted by molar-refractivity contribution is 7.11. The van der Waals surface area contributed by atoms with Crippen LogP contribution in [0.2, 0.25) is 0 Å². The molecule has 0 radical (unpaired) electrons. The van der Waals surface area contributed by atoms with Gasteiger partial charge in [-0.2, -0.15) is 0 Å². The molecule has 1 saturated heterocycles. The minimum absolute atomic E-state index is 0.210. The van der Waals surface area contributed by atoms with E-state index >= 15 is 0 Å². The quantitative estimate of drug-likeness (QED) is 0.716. The summed E-state index contributed by atoms with van der Waals surface area (Å²) in [5.74, 6) is 0.820. The van der Waals surface area contributed by atoms with Crippen molar-refractivity contribution >= 4 is 28.7 Å². The van der Waals surface area contributed by atoms with Gasteiger partial charge in [-0.3, -0.25) is 14.5 Å². The number of carbonyl (C=O) groups excluding carboxylic acids is 2. The predicted molar refractivity (Wildman–Crippen MR) is 113 cm³/mol. The van der Waals surface area contributed by atoms with Gasteiger partial charge >= 0.3 is 5.97 Å². The number of Topliss-reactive ketones (excluding diaryl/α,β-unsaturated/α-hetero) is 1. The van der Waals surface area contributed by atoms with Gasteiger partial charge in [-0.15, -0.1) is 11.3 Å². The third-order valence-electron chi connectivity index (χ3n) is 5.51. The van der Waals surface area contributed by atoms with Gasteiger partial charge in [0.05, 0.1) is 20.1 Å². The molecule has 0 aliphatic carbocycles. The first-order valence-electron chi connectivity index (χ1n) is 9.88. The number of nitrogens with zero attached hydrogens (tertiary/aromatic N) is 1. The fourth-order valence-electron chi connectivity index (χ4n) is 4.09. The lowest BCUT2D eigenvalue weighted by molar-refractivity contribution is -0.139. The highest BCUT2D eigenvalue weighted by atomic mass is 32.1. The number of likely N-dealkylation sites (tertiary alicyclic amines) is 1. The molecule has 2 aliphatic heterocycles. The Hall–Kier alpha value is -2.44. The van der Waals surface area contributed by atoms with Crippen molar-refractivity contribution in [2.45, 2.75) is 32.8 Å². The average molecular weight is 412 g/mol. The van der Waals surface area contributed by atoms with E-state index in [1.54, 1.807) is 18.3 Å². The van der Waals surface area contributed by atoms with Gasteiger partial charge in [0, 0.05) is 34.7 Å². The van der Waals surface area contributed by atoms with Crippen LogP contribution in [-0.2, 0) is 27.4 Å². The van der Waals surface area contributed by atoms with Crippen molar-refractivity contribution in [2.24, 2.45) is 0 Å². The van der Waals surface area contributed by atoms with Crippen LogP contribution < -0.4 is 4.74 Å². The number of piperidine rings is 1. The van der Waals surface area contributed by atoms with Crippen molar-refractivity contribution in [2.75, 3.05) is 26.7 Å². The van der Waals surface area contributed by atoms with E-state index in [-0.39, 0.29) is 18.2 Å². The number of hydrogen-bond donors (Lipinski definition) is 0. The first kappa shape index (κ1) is 19.9. The van der Waals surface area contributed by atoms with E-state index in [1.165, 1.54) is 28.7 Å². The molecule has 4 rings (SSSR count). The van der Waals surface area contributed by atoms with Crippen molar-refractivity contribution < 1.29 is 19.1 Å². The summed E-state index contributed by atoms with van der Waals surface area (Å²) in [6.07, 6.45) is 2.11. The second kappa shape index (κ2) is 8.51. The topological polar surface area (TPSA) is 55.8 Å². The second-order valence-electron chi connectivity index (χ2n) is 7.60. The summed E-state index contributed by atoms with van der Waals surface area (Å²) in [4.78, 5) is 26.7. The van der Waals surface area contributed by atoms with E-state index in [4.69, 9.17) is 9.47 Å². The molecular weight excluding hydrogens is 386 g/mol. The van der Waals surface area contributed by atoms with Crippen LogP contribution in [0.4, 0.5) is 0 Å². The Bertz CT molecular complexity index is 965. The van der Waals surface area contributed by atoms with Gasteiger partial charge in [0.15, 0.2) is 0 Å². The van der Waals surface area contributed by atoms with Crippen molar-refractivity contribution in [1.29, 1.82) is 0 Å². The maximum atomic E-state index is 11.8. The number of hydrogen-bond acceptors (Lipinski definition) is 6. The first-order chi connectivity index (χ1) is 14.0. The molecule has 1 fully saturated rings. The van der Waals surface area contributed by atoms with Crippen LogP contribution >= 0.6 is 11.3 Å². The zero-order chi connectivity index (χ0) is 20.4. The summed E-state index contributed by atoms with van der Waals surface area (Å²) in [7, 11) is 1.41. The molecule has 0 spiro atoms. The Kier molecular flexibility index (Phi) is 5.83. The van der Waals surface area contributed by atoms with Crippen molar-refractivity contribution in [3.63, 3.8) is 0 Å². The highest BCUT2D eigenvalue weighted by Gasteiger charge is 2.26. The number of esters is 1. The monoisotopic (exact) mass is 411 g/mol. The molecule has 0 atom stereocenters. The Morgan fingerprint density at radius 3 is 2.72 bits per heavy atom. The van der Waals surface area contributed by atoms with Crippen LogP contribution in [0.3, 0.4) is 0 Å². The predicted octanol–water partition coefficient (Wildman–Crippen LogP) is 3.84. The standard InChI is InChI=1S/C23H25NO4S/c1-15(25)13-24-8-5-17(6-9-24)22-19-11-16(12-21(26)27-2)3-4-20(19)28-14-18-7-10-29-23(18)22/h3-4,7,10-11H,5-6,8-9,12-14H2,1-2H3. The summed E-state index contributed by atoms with van der Waals surface area (Å²) in [6.45, 7) is 4.49. The average Bonchev–Trinajstić information content (AvgIpc) is 3.10. The van der Waals surface area contributed by atoms with Crippen LogP contribution in [0.25, 0.3) is 5.57 Å². The van der Waals surface area contributed by atoms with E-state index in [0.717, 1.165) is 42.8 Å². The molecule has 29 heavy (non-hydrogen) atoms. The Balaban J connectivity index is 1.74. The highest BCUT2D eigenvalue weighted by Crippen LogP contribution is 2.43. The SMILES string of the molecule is COC(=O)Cc1ccc2c(c1)C(=C1CCN(CC(C)=O)CC1)c1sccc1CO2. The largest absolute Gasteiger partial charge is 0.488 e. The maximum absolute atomic E-state index is 11.8. The molecular formula is C23H25NO4S. The van der Waals surface area contributed by atoms with Gasteiger partial charge in [0.25, 0.3) is 0 Å². The van der Waals surface area contributed by atoms with Gasteiger partial charge in [-0.25, -0.2) is 0 Å². The van der Waals surface area contributed by atoms with Crippen LogP contribution in [0.15, 0.2) is 35.2 Å². The van der Waals surface area contributed by atoms with Crippen molar-refractivity contribution in [3.8, 4) is 5.75 Å². The molecule has 1 aromatic carbocycles. The fraction of sp³-hybridized carbons (Fsp3) is 0.391. The summed E-state index contributed by atoms with van der Waals surface area (Å²) in [5, 5.41) is 2.11. The number of ether oxygens (including phenoxy) is 2. The zero-order valence-corrected chi connectivity index (χ0v) is 17.6. The smallest absolute Gasteiger partial charge is 0.309 e. The molecule has 3 heterocycles. The van der Waals surface area contributed by atoms with Crippen LogP contribution in [0, 0.1) is 0 Å². The van der Waals surface area contributed by atoms with Crippen molar-refractivity contribution in [3.05, 3.63) is 56.8 Å². The van der Waals surface area contributed by atoms with Gasteiger partial charge in [0.2, 0.25) is 0 Å². The van der Waals surface area contributed by atoms with E-state index < -0.39 is 0 Å². The molecule has 6 heteroatoms. The summed E-state index contributed by atoms with van der Waals surface area (Å²) >= 11 is 1.74. The lowest BCUT2D eigenvalue weighted by atomic mass is 9.89. The van der Waals surface area contributed by atoms with Gasteiger partial charge in [0.1, 0.15) is 18.1 Å². The second-order valence-corrected chi connectivity index (χ2v) is 8.52. The maximum Gasteiger partial charge on any atom is 0.309 e. The Morgan fingerprint density at radius 1 is 1.21 bits per heavy atom. The fourth-order valence-corrected chi connectivity index (χ4v) is 5.11. The summed E-state index contributed by atoms with van der Waals surface area (Å²) < 4.78 is 11.0. The molecule has 0 unspecified atom stereocenters. The first-order valence-corrected chi connectivity index (χ1v) is 10.8. The number of ketones is 1. The summed E-state index contributed by atoms with van der Waals surface area (Å²) in [5.41, 5.74) is 5.83. The van der Waals surface area contributed by atoms with Gasteiger partial charge in [-0.1, -0.05) is 11.6 Å². The zero-order valence-electron chi connectivity index (χ0n) is 16.8. The Morgan fingerprint density at radius 2 is 2.00 bits per heavy atom. The molecule has 2 aromatic rings. The van der Waals surface area contributed by atoms with E-state index in [1.807, 2.05) is 12.1 Å². The molecule has 1 aromatic heterocycles. The molecule has 0 saturated carbocycles. The number of methoxy groups -OCH3 is 1. The van der Waals surface area contributed by atoms with Crippen LogP contribution in [0.5, 0.6) is 5.75 Å². The number of thiophene rings is 1. The molecule has 2 aliphatic rings. The van der Waals surface area contributed by atoms with Gasteiger partial charge < -0.3 is 9.47 Å². The van der Waals surface area contributed by atoms with Crippen molar-refractivity contribution in [1.82, 2.24) is 4.90 Å². The number of carbonyl (C=O) groups is 2. The minimum atomic E-state index is -0.247. The summed E-state index contributed by atoms with van der Waals surface area (Å²) in [6, 6.07) is 8.11. The third-order valence-corrected chi connectivity index (χ3v) is 6.48. The van der Waals surface area contributed by atoms with E-state index in [2.05, 4.69) is 22.4 Å². The number of rotatable bonds is 4. The molecule has 0 bridgehead atoms. The van der Waals surface area contributed by atoms with Crippen LogP contribution in [-0.4, -0.2) is 43.4 Å². The molecule has 152 valence electrons. The lowest BCUT2D eigenvalue weighted by Crippen LogP contribution is -2.34. The van der Waals surface area contributed by atoms with E-state index in [0.29, 0.717) is 13.2 Å². The normalized spacial score (nSPS) is 16.5. The molecule has 0 N–H and O–H groups in total. The van der Waals surface area contributed by atoms with Crippen LogP contribution in [0.1, 0.15) is 41.3 Å². The minimum Gasteiger partial charge on any atom is -0.488 e. The van der Waals surface area contributed by atoms with Gasteiger partial charge in [-0.05, 0) is 48.9 Å². The number of fused-ring (bicyclic) bond motifs is 2. The Labute approximate surface area is 174 Å². The third kappa shape index (κ3) is 4.28. The van der Waals surface area contributed by atoms with E-state index in [9.17, 15) is 9.59 Å².